The summed E-state index contributed by atoms with van der Waals surface area (Å²) in [5, 5.41) is 9.24. The molecule has 1 fully saturated rings. The Hall–Kier alpha value is -1.34. The number of rotatable bonds is 4. The minimum absolute atomic E-state index is 0.0646. The van der Waals surface area contributed by atoms with E-state index in [2.05, 4.69) is 0 Å². The molecule has 1 heterocycles. The maximum Gasteiger partial charge on any atom is 0.410 e. The van der Waals surface area contributed by atoms with Gasteiger partial charge in [-0.1, -0.05) is 13.8 Å². The highest BCUT2D eigenvalue weighted by molar-refractivity contribution is 5.75. The zero-order valence-electron chi connectivity index (χ0n) is 14.9. The Morgan fingerprint density at radius 2 is 2.00 bits per heavy atom. The van der Waals surface area contributed by atoms with Crippen molar-refractivity contribution in [1.82, 2.24) is 4.90 Å². The molecule has 7 nitrogen and oxygen atoms in total. The molecule has 7 heteroatoms. The fourth-order valence-corrected chi connectivity index (χ4v) is 2.11. The van der Waals surface area contributed by atoms with Gasteiger partial charge in [0, 0.05) is 6.61 Å². The highest BCUT2D eigenvalue weighted by Gasteiger charge is 2.39. The highest BCUT2D eigenvalue weighted by Crippen LogP contribution is 2.22. The van der Waals surface area contributed by atoms with E-state index in [1.165, 1.54) is 4.90 Å². The van der Waals surface area contributed by atoms with E-state index in [-0.39, 0.29) is 19.7 Å². The van der Waals surface area contributed by atoms with Crippen molar-refractivity contribution in [2.75, 3.05) is 26.3 Å². The molecule has 2 atom stereocenters. The van der Waals surface area contributed by atoms with Crippen LogP contribution in [0.25, 0.3) is 0 Å². The van der Waals surface area contributed by atoms with Gasteiger partial charge in [-0.25, -0.2) is 9.59 Å². The van der Waals surface area contributed by atoms with Crippen LogP contribution in [0, 0.1) is 5.92 Å². The van der Waals surface area contributed by atoms with Gasteiger partial charge in [0.2, 0.25) is 0 Å². The molecule has 1 aliphatic heterocycles. The van der Waals surface area contributed by atoms with E-state index in [0.29, 0.717) is 12.5 Å². The minimum atomic E-state index is -1.10. The van der Waals surface area contributed by atoms with Gasteiger partial charge in [0.05, 0.1) is 19.7 Å². The van der Waals surface area contributed by atoms with Crippen molar-refractivity contribution in [2.45, 2.75) is 58.8 Å². The number of ether oxygens (including phenoxy) is 3. The molecule has 1 saturated heterocycles. The van der Waals surface area contributed by atoms with Crippen molar-refractivity contribution in [3.63, 3.8) is 0 Å². The van der Waals surface area contributed by atoms with Gasteiger partial charge in [-0.3, -0.25) is 0 Å². The van der Waals surface area contributed by atoms with Crippen LogP contribution < -0.4 is 0 Å². The van der Waals surface area contributed by atoms with Gasteiger partial charge in [-0.05, 0) is 33.6 Å². The number of hydrogen-bond acceptors (Lipinski definition) is 5. The monoisotopic (exact) mass is 331 g/mol. The van der Waals surface area contributed by atoms with E-state index in [1.54, 1.807) is 20.8 Å². The van der Waals surface area contributed by atoms with Crippen LogP contribution in [0.5, 0.6) is 0 Å². The number of aliphatic carboxylic acids is 1. The molecular weight excluding hydrogens is 302 g/mol. The van der Waals surface area contributed by atoms with Gasteiger partial charge >= 0.3 is 12.1 Å². The van der Waals surface area contributed by atoms with Gasteiger partial charge in [-0.15, -0.1) is 0 Å². The summed E-state index contributed by atoms with van der Waals surface area (Å²) in [6.45, 7) is 11.9. The lowest BCUT2D eigenvalue weighted by Gasteiger charge is -2.33. The Labute approximate surface area is 137 Å². The van der Waals surface area contributed by atoms with Crippen molar-refractivity contribution in [3.8, 4) is 0 Å². The molecule has 0 aromatic rings. The van der Waals surface area contributed by atoms with Gasteiger partial charge in [0.1, 0.15) is 11.2 Å². The smallest absolute Gasteiger partial charge is 0.410 e. The number of carbonyl (C=O) groups excluding carboxylic acids is 1. The molecule has 0 unspecified atom stereocenters. The Bertz CT molecular complexity index is 431. The first-order chi connectivity index (χ1) is 10.4. The van der Waals surface area contributed by atoms with Crippen LogP contribution in [0.1, 0.15) is 41.5 Å². The van der Waals surface area contributed by atoms with Crippen LogP contribution in [0.4, 0.5) is 4.79 Å². The molecule has 134 valence electrons. The predicted octanol–water partition coefficient (Wildman–Crippen LogP) is 2.14. The molecule has 1 rings (SSSR count). The largest absolute Gasteiger partial charge is 0.479 e. The topological polar surface area (TPSA) is 85.3 Å². The molecule has 1 N–H and O–H groups in total. The highest BCUT2D eigenvalue weighted by atomic mass is 16.6. The van der Waals surface area contributed by atoms with Crippen LogP contribution >= 0.6 is 0 Å². The quantitative estimate of drug-likeness (QED) is 0.849. The summed E-state index contributed by atoms with van der Waals surface area (Å²) in [4.78, 5) is 25.0. The molecule has 0 aromatic carbocycles. The van der Waals surface area contributed by atoms with Gasteiger partial charge in [0.25, 0.3) is 0 Å². The third-order valence-electron chi connectivity index (χ3n) is 3.19. The molecule has 0 radical (unpaired) electrons. The van der Waals surface area contributed by atoms with E-state index in [1.807, 2.05) is 20.8 Å². The third kappa shape index (κ3) is 6.74. The van der Waals surface area contributed by atoms with Gasteiger partial charge in [-0.2, -0.15) is 0 Å². The van der Waals surface area contributed by atoms with Crippen LogP contribution in [0.15, 0.2) is 0 Å². The van der Waals surface area contributed by atoms with Crippen LogP contribution in [-0.2, 0) is 19.0 Å². The number of carboxylic acid groups (broad SMARTS) is 1. The van der Waals surface area contributed by atoms with Crippen LogP contribution in [-0.4, -0.2) is 65.7 Å². The van der Waals surface area contributed by atoms with Crippen molar-refractivity contribution in [2.24, 2.45) is 5.92 Å². The lowest BCUT2D eigenvalue weighted by Crippen LogP contribution is -2.48. The summed E-state index contributed by atoms with van der Waals surface area (Å²) in [6.07, 6.45) is -1.65. The maximum absolute atomic E-state index is 12.4. The van der Waals surface area contributed by atoms with Crippen molar-refractivity contribution >= 4 is 12.1 Å². The molecule has 0 aromatic heterocycles. The summed E-state index contributed by atoms with van der Waals surface area (Å²) in [5.41, 5.74) is -1.43. The molecule has 23 heavy (non-hydrogen) atoms. The van der Waals surface area contributed by atoms with Crippen LogP contribution in [0.3, 0.4) is 0 Å². The van der Waals surface area contributed by atoms with Gasteiger partial charge < -0.3 is 24.2 Å². The number of amides is 1. The number of hydrogen-bond donors (Lipinski definition) is 1. The second-order valence-corrected chi connectivity index (χ2v) is 7.65. The zero-order valence-corrected chi connectivity index (χ0v) is 14.9. The maximum atomic E-state index is 12.4. The molecule has 0 bridgehead atoms. The summed E-state index contributed by atoms with van der Waals surface area (Å²) < 4.78 is 16.7. The summed E-state index contributed by atoms with van der Waals surface area (Å²) >= 11 is 0. The summed E-state index contributed by atoms with van der Waals surface area (Å²) in [5.74, 6) is -0.785. The van der Waals surface area contributed by atoms with E-state index < -0.39 is 29.4 Å². The lowest BCUT2D eigenvalue weighted by atomic mass is 10.1. The average Bonchev–Trinajstić information content (AvgIpc) is 2.55. The second-order valence-electron chi connectivity index (χ2n) is 7.65. The number of nitrogens with zero attached hydrogens (tertiary/aromatic N) is 1. The summed E-state index contributed by atoms with van der Waals surface area (Å²) in [6, 6.07) is 0. The normalized spacial score (nSPS) is 26.0. The first kappa shape index (κ1) is 19.7. The Balaban J connectivity index is 2.90. The SMILES string of the molecule is CC(C)CO[C@@]1(C)CO[C@H](C(=O)O)CN(C(=O)OC(C)(C)C)C1. The second kappa shape index (κ2) is 7.49. The predicted molar refractivity (Wildman–Crippen MR) is 84.4 cm³/mol. The van der Waals surface area contributed by atoms with Crippen molar-refractivity contribution in [3.05, 3.63) is 0 Å². The van der Waals surface area contributed by atoms with E-state index in [0.717, 1.165) is 0 Å². The Morgan fingerprint density at radius 3 is 2.48 bits per heavy atom. The van der Waals surface area contributed by atoms with E-state index in [9.17, 15) is 14.7 Å². The number of carbonyl (C=O) groups is 2. The number of carboxylic acids is 1. The Kier molecular flexibility index (Phi) is 6.41. The van der Waals surface area contributed by atoms with Crippen molar-refractivity contribution in [1.29, 1.82) is 0 Å². The van der Waals surface area contributed by atoms with Crippen LogP contribution in [0.2, 0.25) is 0 Å². The fourth-order valence-electron chi connectivity index (χ4n) is 2.11. The third-order valence-corrected chi connectivity index (χ3v) is 3.19. The molecule has 1 amide bonds. The summed E-state index contributed by atoms with van der Waals surface area (Å²) in [7, 11) is 0. The van der Waals surface area contributed by atoms with E-state index in [4.69, 9.17) is 14.2 Å². The average molecular weight is 331 g/mol. The van der Waals surface area contributed by atoms with E-state index >= 15 is 0 Å². The first-order valence-electron chi connectivity index (χ1n) is 7.88. The zero-order chi connectivity index (χ0) is 17.8. The first-order valence-corrected chi connectivity index (χ1v) is 7.88. The minimum Gasteiger partial charge on any atom is -0.479 e. The Morgan fingerprint density at radius 1 is 1.39 bits per heavy atom. The van der Waals surface area contributed by atoms with Crippen molar-refractivity contribution < 1.29 is 28.9 Å². The van der Waals surface area contributed by atoms with Gasteiger partial charge in [0.15, 0.2) is 6.10 Å². The molecular formula is C16H29NO6. The molecule has 0 aliphatic carbocycles. The molecule has 0 spiro atoms. The molecule has 1 aliphatic rings. The fraction of sp³-hybridized carbons (Fsp3) is 0.875. The lowest BCUT2D eigenvalue weighted by molar-refractivity contribution is -0.154. The molecule has 0 saturated carbocycles. The standard InChI is InChI=1S/C16H29NO6/c1-11(2)8-22-16(6)9-17(14(20)23-15(3,4)5)7-12(13(18)19)21-10-16/h11-12H,7-10H2,1-6H3,(H,18,19)/t12-,16+/m0/s1.